The molecule has 23 heavy (non-hydrogen) atoms. The molecule has 1 aromatic heterocycles. The van der Waals surface area contributed by atoms with Crippen molar-refractivity contribution < 1.29 is 14.3 Å². The Morgan fingerprint density at radius 1 is 1.35 bits per heavy atom. The minimum atomic E-state index is -0.548. The second-order valence-electron chi connectivity index (χ2n) is 4.77. The molecule has 120 valence electrons. The van der Waals surface area contributed by atoms with Crippen molar-refractivity contribution in [2.75, 3.05) is 12.4 Å². The number of nitrogens with two attached hydrogens (primary N) is 1. The molecule has 0 saturated heterocycles. The van der Waals surface area contributed by atoms with Crippen molar-refractivity contribution in [1.82, 2.24) is 0 Å². The maximum atomic E-state index is 12.0. The Morgan fingerprint density at radius 2 is 2.13 bits per heavy atom. The van der Waals surface area contributed by atoms with Gasteiger partial charge in [-0.1, -0.05) is 19.1 Å². The Balaban J connectivity index is 2.11. The summed E-state index contributed by atoms with van der Waals surface area (Å²) in [6, 6.07) is 9.07. The van der Waals surface area contributed by atoms with Crippen LogP contribution in [0.3, 0.4) is 0 Å². The fourth-order valence-electron chi connectivity index (χ4n) is 1.96. The first-order valence-electron chi connectivity index (χ1n) is 7.09. The van der Waals surface area contributed by atoms with Crippen molar-refractivity contribution in [2.24, 2.45) is 5.73 Å². The predicted octanol–water partition coefficient (Wildman–Crippen LogP) is 3.07. The highest BCUT2D eigenvalue weighted by Gasteiger charge is 2.14. The van der Waals surface area contributed by atoms with Crippen LogP contribution in [0.1, 0.15) is 27.7 Å². The van der Waals surface area contributed by atoms with E-state index >= 15 is 0 Å². The predicted molar refractivity (Wildman–Crippen MR) is 92.9 cm³/mol. The Morgan fingerprint density at radius 3 is 2.78 bits per heavy atom. The minimum absolute atomic E-state index is 0.320. The summed E-state index contributed by atoms with van der Waals surface area (Å²) in [5.41, 5.74) is 6.53. The van der Waals surface area contributed by atoms with Crippen LogP contribution >= 0.6 is 11.3 Å². The zero-order valence-corrected chi connectivity index (χ0v) is 13.8. The lowest BCUT2D eigenvalue weighted by Gasteiger charge is -2.02. The van der Waals surface area contributed by atoms with Gasteiger partial charge < -0.3 is 15.8 Å². The molecule has 0 fully saturated rings. The fraction of sp³-hybridized carbons (Fsp3) is 0.176. The van der Waals surface area contributed by atoms with Crippen LogP contribution in [0.15, 0.2) is 36.4 Å². The maximum Gasteiger partial charge on any atom is 0.251 e. The molecule has 1 heterocycles. The number of amides is 2. The molecule has 0 unspecified atom stereocenters. The topological polar surface area (TPSA) is 81.4 Å². The first kappa shape index (κ1) is 16.8. The molecule has 2 amide bonds. The molecule has 0 saturated carbocycles. The third-order valence-electron chi connectivity index (χ3n) is 3.15. The number of anilines is 1. The van der Waals surface area contributed by atoms with Crippen LogP contribution in [-0.2, 0) is 11.2 Å². The second-order valence-corrected chi connectivity index (χ2v) is 5.91. The summed E-state index contributed by atoms with van der Waals surface area (Å²) in [6.45, 7) is 1.98. The molecule has 2 rings (SSSR count). The van der Waals surface area contributed by atoms with Crippen LogP contribution in [0.25, 0.3) is 6.08 Å². The van der Waals surface area contributed by atoms with E-state index < -0.39 is 5.91 Å². The van der Waals surface area contributed by atoms with Crippen LogP contribution in [0, 0.1) is 0 Å². The molecular formula is C17H18N2O3S. The van der Waals surface area contributed by atoms with E-state index in [0.717, 1.165) is 22.6 Å². The molecule has 3 N–H and O–H groups in total. The third kappa shape index (κ3) is 4.43. The molecule has 1 aromatic carbocycles. The number of thiophene rings is 1. The van der Waals surface area contributed by atoms with Crippen LogP contribution in [0.5, 0.6) is 5.75 Å². The summed E-state index contributed by atoms with van der Waals surface area (Å²) in [5, 5.41) is 3.19. The van der Waals surface area contributed by atoms with E-state index in [9.17, 15) is 9.59 Å². The number of carbonyl (C=O) groups is 2. The van der Waals surface area contributed by atoms with Crippen LogP contribution in [-0.4, -0.2) is 18.9 Å². The van der Waals surface area contributed by atoms with Gasteiger partial charge in [-0.3, -0.25) is 9.59 Å². The summed E-state index contributed by atoms with van der Waals surface area (Å²) < 4.78 is 5.13. The molecule has 0 atom stereocenters. The lowest BCUT2D eigenvalue weighted by molar-refractivity contribution is -0.111. The number of aryl methyl sites for hydroxylation is 1. The number of benzene rings is 1. The first-order chi connectivity index (χ1) is 11.0. The summed E-state index contributed by atoms with van der Waals surface area (Å²) in [4.78, 5) is 24.5. The number of methoxy groups -OCH3 is 1. The van der Waals surface area contributed by atoms with E-state index in [1.807, 2.05) is 31.2 Å². The first-order valence-corrected chi connectivity index (χ1v) is 7.90. The summed E-state index contributed by atoms with van der Waals surface area (Å²) >= 11 is 1.36. The van der Waals surface area contributed by atoms with Crippen LogP contribution in [0.4, 0.5) is 5.00 Å². The number of hydrogen-bond acceptors (Lipinski definition) is 4. The highest BCUT2D eigenvalue weighted by molar-refractivity contribution is 7.16. The largest absolute Gasteiger partial charge is 0.497 e. The van der Waals surface area contributed by atoms with Gasteiger partial charge in [0.15, 0.2) is 0 Å². The Hall–Kier alpha value is -2.60. The Labute approximate surface area is 138 Å². The highest BCUT2D eigenvalue weighted by atomic mass is 32.1. The van der Waals surface area contributed by atoms with Gasteiger partial charge in [0, 0.05) is 11.0 Å². The van der Waals surface area contributed by atoms with Gasteiger partial charge in [-0.05, 0) is 36.3 Å². The van der Waals surface area contributed by atoms with Crippen molar-refractivity contribution in [3.05, 3.63) is 52.4 Å². The van der Waals surface area contributed by atoms with Gasteiger partial charge in [0.25, 0.3) is 5.91 Å². The van der Waals surface area contributed by atoms with Gasteiger partial charge in [0.2, 0.25) is 5.91 Å². The van der Waals surface area contributed by atoms with E-state index in [2.05, 4.69) is 5.32 Å². The van der Waals surface area contributed by atoms with Crippen molar-refractivity contribution in [3.63, 3.8) is 0 Å². The Kier molecular flexibility index (Phi) is 5.54. The Bertz CT molecular complexity index is 750. The zero-order chi connectivity index (χ0) is 16.8. The van der Waals surface area contributed by atoms with E-state index in [1.165, 1.54) is 17.4 Å². The fourth-order valence-corrected chi connectivity index (χ4v) is 2.97. The van der Waals surface area contributed by atoms with Crippen molar-refractivity contribution in [2.45, 2.75) is 13.3 Å². The summed E-state index contributed by atoms with van der Waals surface area (Å²) in [7, 11) is 1.59. The minimum Gasteiger partial charge on any atom is -0.497 e. The van der Waals surface area contributed by atoms with E-state index in [-0.39, 0.29) is 5.91 Å². The van der Waals surface area contributed by atoms with Gasteiger partial charge in [-0.2, -0.15) is 0 Å². The zero-order valence-electron chi connectivity index (χ0n) is 13.0. The van der Waals surface area contributed by atoms with Gasteiger partial charge in [0.05, 0.1) is 12.7 Å². The van der Waals surface area contributed by atoms with Gasteiger partial charge >= 0.3 is 0 Å². The molecule has 0 aliphatic rings. The number of ether oxygens (including phenoxy) is 1. The number of carbonyl (C=O) groups excluding carboxylic acids is 2. The molecule has 6 heteroatoms. The third-order valence-corrected chi connectivity index (χ3v) is 4.35. The number of nitrogens with one attached hydrogen (secondary N) is 1. The molecule has 0 bridgehead atoms. The van der Waals surface area contributed by atoms with Crippen molar-refractivity contribution in [1.29, 1.82) is 0 Å². The second kappa shape index (κ2) is 7.60. The number of rotatable bonds is 6. The molecule has 2 aromatic rings. The molecular weight excluding hydrogens is 312 g/mol. The molecule has 0 radical (unpaired) electrons. The van der Waals surface area contributed by atoms with E-state index in [4.69, 9.17) is 10.5 Å². The van der Waals surface area contributed by atoms with Crippen LogP contribution in [0.2, 0.25) is 0 Å². The number of primary amides is 1. The van der Waals surface area contributed by atoms with E-state index in [0.29, 0.717) is 10.6 Å². The maximum absolute atomic E-state index is 12.0. The van der Waals surface area contributed by atoms with E-state index in [1.54, 1.807) is 19.3 Å². The molecule has 0 aliphatic carbocycles. The highest BCUT2D eigenvalue weighted by Crippen LogP contribution is 2.28. The summed E-state index contributed by atoms with van der Waals surface area (Å²) in [5.74, 6) is -0.151. The average molecular weight is 330 g/mol. The van der Waals surface area contributed by atoms with Gasteiger partial charge in [-0.15, -0.1) is 11.3 Å². The number of hydrogen-bond donors (Lipinski definition) is 2. The van der Waals surface area contributed by atoms with Gasteiger partial charge in [0.1, 0.15) is 10.8 Å². The monoisotopic (exact) mass is 330 g/mol. The van der Waals surface area contributed by atoms with Crippen molar-refractivity contribution in [3.8, 4) is 5.75 Å². The average Bonchev–Trinajstić information content (AvgIpc) is 2.96. The molecule has 0 aliphatic heterocycles. The quantitative estimate of drug-likeness (QED) is 0.799. The van der Waals surface area contributed by atoms with Crippen molar-refractivity contribution >= 4 is 34.2 Å². The lowest BCUT2D eigenvalue weighted by Crippen LogP contribution is -2.14. The smallest absolute Gasteiger partial charge is 0.251 e. The van der Waals surface area contributed by atoms with Crippen LogP contribution < -0.4 is 15.8 Å². The molecule has 0 spiro atoms. The molecule has 5 nitrogen and oxygen atoms in total. The SMILES string of the molecule is CCc1cc(C(N)=O)c(NC(=O)/C=C/c2cccc(OC)c2)s1. The van der Waals surface area contributed by atoms with Gasteiger partial charge in [-0.25, -0.2) is 0 Å². The standard InChI is InChI=1S/C17H18N2O3S/c1-3-13-10-14(16(18)21)17(23-13)19-15(20)8-7-11-5-4-6-12(9-11)22-2/h4-10H,3H2,1-2H3,(H2,18,21)(H,19,20)/b8-7+. The summed E-state index contributed by atoms with van der Waals surface area (Å²) in [6.07, 6.45) is 3.86. The lowest BCUT2D eigenvalue weighted by atomic mass is 10.2. The normalized spacial score (nSPS) is 10.7.